The number of aliphatic carboxylic acids is 1. The molecule has 1 saturated carbocycles. The third-order valence-corrected chi connectivity index (χ3v) is 4.52. The van der Waals surface area contributed by atoms with Gasteiger partial charge in [0.15, 0.2) is 11.0 Å². The molecule has 6 nitrogen and oxygen atoms in total. The van der Waals surface area contributed by atoms with Crippen LogP contribution < -0.4 is 0 Å². The van der Waals surface area contributed by atoms with E-state index in [1.165, 1.54) is 11.8 Å². The van der Waals surface area contributed by atoms with Gasteiger partial charge in [-0.05, 0) is 32.6 Å². The summed E-state index contributed by atoms with van der Waals surface area (Å²) in [4.78, 5) is 10.7. The van der Waals surface area contributed by atoms with Crippen molar-refractivity contribution in [3.8, 4) is 0 Å². The highest BCUT2D eigenvalue weighted by Gasteiger charge is 2.41. The number of carboxylic acids is 1. The van der Waals surface area contributed by atoms with Gasteiger partial charge in [-0.1, -0.05) is 11.8 Å². The van der Waals surface area contributed by atoms with Gasteiger partial charge >= 0.3 is 5.97 Å². The molecule has 1 aromatic heterocycles. The van der Waals surface area contributed by atoms with Crippen molar-refractivity contribution in [3.63, 3.8) is 0 Å². The Labute approximate surface area is 115 Å². The molecule has 0 aromatic carbocycles. The third-order valence-electron chi connectivity index (χ3n) is 3.59. The zero-order valence-electron chi connectivity index (χ0n) is 10.8. The van der Waals surface area contributed by atoms with Crippen molar-refractivity contribution in [1.29, 1.82) is 0 Å². The molecular formula is C12H17N3O3S. The van der Waals surface area contributed by atoms with Gasteiger partial charge < -0.3 is 14.4 Å². The van der Waals surface area contributed by atoms with E-state index in [-0.39, 0.29) is 11.4 Å². The molecule has 1 atom stereocenters. The molecule has 1 aromatic rings. The first-order valence-electron chi connectivity index (χ1n) is 6.54. The maximum Gasteiger partial charge on any atom is 0.313 e. The highest BCUT2D eigenvalue weighted by atomic mass is 32.2. The Kier molecular flexibility index (Phi) is 3.26. The summed E-state index contributed by atoms with van der Waals surface area (Å²) in [5, 5.41) is 17.9. The maximum atomic E-state index is 10.7. The second kappa shape index (κ2) is 4.79. The molecule has 1 saturated heterocycles. The first kappa shape index (κ1) is 12.9. The lowest BCUT2D eigenvalue weighted by molar-refractivity contribution is -0.133. The minimum atomic E-state index is -0.833. The smallest absolute Gasteiger partial charge is 0.313 e. The summed E-state index contributed by atoms with van der Waals surface area (Å²) in [5.74, 6) is 0.0446. The van der Waals surface area contributed by atoms with Gasteiger partial charge in [0.1, 0.15) is 5.60 Å². The van der Waals surface area contributed by atoms with Gasteiger partial charge in [-0.15, -0.1) is 10.2 Å². The van der Waals surface area contributed by atoms with E-state index in [1.54, 1.807) is 0 Å². The molecule has 2 heterocycles. The summed E-state index contributed by atoms with van der Waals surface area (Å²) in [6.45, 7) is 2.81. The molecule has 0 bridgehead atoms. The zero-order chi connectivity index (χ0) is 13.5. The highest BCUT2D eigenvalue weighted by Crippen LogP contribution is 2.43. The van der Waals surface area contributed by atoms with Gasteiger partial charge in [-0.2, -0.15) is 0 Å². The van der Waals surface area contributed by atoms with Gasteiger partial charge in [0.05, 0.1) is 5.75 Å². The van der Waals surface area contributed by atoms with Crippen LogP contribution in [0.25, 0.3) is 0 Å². The fourth-order valence-corrected chi connectivity index (χ4v) is 3.21. The molecule has 2 fully saturated rings. The number of thioether (sulfide) groups is 1. The molecule has 0 amide bonds. The van der Waals surface area contributed by atoms with Crippen molar-refractivity contribution in [2.24, 2.45) is 0 Å². The molecule has 0 spiro atoms. The minimum absolute atomic E-state index is 0.0163. The summed E-state index contributed by atoms with van der Waals surface area (Å²) < 4.78 is 7.93. The van der Waals surface area contributed by atoms with Crippen molar-refractivity contribution in [2.45, 2.75) is 49.4 Å². The number of carboxylic acid groups (broad SMARTS) is 1. The summed E-state index contributed by atoms with van der Waals surface area (Å²) in [6, 6.07) is 0.419. The topological polar surface area (TPSA) is 77.2 Å². The van der Waals surface area contributed by atoms with E-state index in [0.29, 0.717) is 11.2 Å². The number of nitrogens with zero attached hydrogens (tertiary/aromatic N) is 3. The lowest BCUT2D eigenvalue weighted by Gasteiger charge is -2.23. The first-order valence-corrected chi connectivity index (χ1v) is 7.53. The standard InChI is InChI=1S/C12H17N3O3S/c1-12(5-2-6-18-12)10-13-14-11(19-7-9(16)17)15(10)8-3-4-8/h8H,2-7H2,1H3,(H,16,17). The molecular weight excluding hydrogens is 266 g/mol. The lowest BCUT2D eigenvalue weighted by atomic mass is 10.0. The molecule has 1 aliphatic carbocycles. The van der Waals surface area contributed by atoms with Crippen LogP contribution in [0, 0.1) is 0 Å². The number of aromatic nitrogens is 3. The summed E-state index contributed by atoms with van der Waals surface area (Å²) >= 11 is 1.24. The fraction of sp³-hybridized carbons (Fsp3) is 0.750. The SMILES string of the molecule is CC1(c2nnc(SCC(=O)O)n2C2CC2)CCCO1. The quantitative estimate of drug-likeness (QED) is 0.830. The molecule has 1 N–H and O–H groups in total. The van der Waals surface area contributed by atoms with E-state index in [9.17, 15) is 4.79 Å². The Bertz CT molecular complexity index is 492. The van der Waals surface area contributed by atoms with E-state index in [2.05, 4.69) is 21.7 Å². The van der Waals surface area contributed by atoms with E-state index >= 15 is 0 Å². The molecule has 0 radical (unpaired) electrons. The van der Waals surface area contributed by atoms with Crippen molar-refractivity contribution in [1.82, 2.24) is 14.8 Å². The minimum Gasteiger partial charge on any atom is -0.481 e. The summed E-state index contributed by atoms with van der Waals surface area (Å²) in [7, 11) is 0. The molecule has 1 aliphatic heterocycles. The lowest BCUT2D eigenvalue weighted by Crippen LogP contribution is -2.25. The molecule has 104 valence electrons. The van der Waals surface area contributed by atoms with Crippen molar-refractivity contribution >= 4 is 17.7 Å². The van der Waals surface area contributed by atoms with Gasteiger partial charge in [0.25, 0.3) is 0 Å². The molecule has 2 aliphatic rings. The van der Waals surface area contributed by atoms with Crippen LogP contribution in [0.2, 0.25) is 0 Å². The largest absolute Gasteiger partial charge is 0.481 e. The van der Waals surface area contributed by atoms with Crippen molar-refractivity contribution in [3.05, 3.63) is 5.82 Å². The molecule has 7 heteroatoms. The van der Waals surface area contributed by atoms with Crippen LogP contribution in [-0.4, -0.2) is 38.2 Å². The molecule has 1 unspecified atom stereocenters. The fourth-order valence-electron chi connectivity index (χ4n) is 2.48. The Balaban J connectivity index is 1.89. The predicted octanol–water partition coefficient (Wildman–Crippen LogP) is 1.82. The molecule has 3 rings (SSSR count). The van der Waals surface area contributed by atoms with Crippen LogP contribution in [0.3, 0.4) is 0 Å². The number of carbonyl (C=O) groups is 1. The normalized spacial score (nSPS) is 26.8. The van der Waals surface area contributed by atoms with E-state index < -0.39 is 5.97 Å². The second-order valence-electron chi connectivity index (χ2n) is 5.27. The monoisotopic (exact) mass is 283 g/mol. The molecule has 19 heavy (non-hydrogen) atoms. The number of hydrogen-bond donors (Lipinski definition) is 1. The first-order chi connectivity index (χ1) is 9.10. The van der Waals surface area contributed by atoms with Crippen LogP contribution >= 0.6 is 11.8 Å². The van der Waals surface area contributed by atoms with Gasteiger partial charge in [-0.3, -0.25) is 4.79 Å². The van der Waals surface area contributed by atoms with Crippen LogP contribution in [-0.2, 0) is 15.1 Å². The van der Waals surface area contributed by atoms with Crippen molar-refractivity contribution < 1.29 is 14.6 Å². The Morgan fingerprint density at radius 2 is 2.37 bits per heavy atom. The second-order valence-corrected chi connectivity index (χ2v) is 6.22. The number of ether oxygens (including phenoxy) is 1. The van der Waals surface area contributed by atoms with Crippen LogP contribution in [0.15, 0.2) is 5.16 Å². The third kappa shape index (κ3) is 2.49. The van der Waals surface area contributed by atoms with Gasteiger partial charge in [-0.25, -0.2) is 0 Å². The average molecular weight is 283 g/mol. The Morgan fingerprint density at radius 1 is 1.58 bits per heavy atom. The predicted molar refractivity (Wildman–Crippen MR) is 69.2 cm³/mol. The van der Waals surface area contributed by atoms with E-state index in [1.807, 2.05) is 0 Å². The summed E-state index contributed by atoms with van der Waals surface area (Å²) in [5.41, 5.74) is -0.363. The Morgan fingerprint density at radius 3 is 2.95 bits per heavy atom. The van der Waals surface area contributed by atoms with Gasteiger partial charge in [0, 0.05) is 12.6 Å². The average Bonchev–Trinajstić information content (AvgIpc) is 2.95. The number of hydrogen-bond acceptors (Lipinski definition) is 5. The zero-order valence-corrected chi connectivity index (χ0v) is 11.7. The highest BCUT2D eigenvalue weighted by molar-refractivity contribution is 7.99. The maximum absolute atomic E-state index is 10.7. The van der Waals surface area contributed by atoms with Gasteiger partial charge in [0.2, 0.25) is 0 Å². The van der Waals surface area contributed by atoms with Crippen LogP contribution in [0.1, 0.15) is 44.5 Å². The van der Waals surface area contributed by atoms with E-state index in [4.69, 9.17) is 9.84 Å². The summed E-state index contributed by atoms with van der Waals surface area (Å²) in [6.07, 6.45) is 4.20. The van der Waals surface area contributed by atoms with Crippen LogP contribution in [0.5, 0.6) is 0 Å². The van der Waals surface area contributed by atoms with Crippen molar-refractivity contribution in [2.75, 3.05) is 12.4 Å². The van der Waals surface area contributed by atoms with Crippen LogP contribution in [0.4, 0.5) is 0 Å². The number of rotatable bonds is 5. The Hall–Kier alpha value is -1.08. The van der Waals surface area contributed by atoms with E-state index in [0.717, 1.165) is 38.1 Å².